The van der Waals surface area contributed by atoms with Gasteiger partial charge in [-0.25, -0.2) is 13.2 Å². The van der Waals surface area contributed by atoms with Gasteiger partial charge in [-0.3, -0.25) is 4.84 Å². The molecule has 0 unspecified atom stereocenters. The van der Waals surface area contributed by atoms with Crippen molar-refractivity contribution in [1.82, 2.24) is 4.89 Å². The lowest BCUT2D eigenvalue weighted by Crippen LogP contribution is -2.26. The summed E-state index contributed by atoms with van der Waals surface area (Å²) < 4.78 is 29.0. The summed E-state index contributed by atoms with van der Waals surface area (Å²) in [6.07, 6.45) is 0. The number of rotatable bonds is 7. The third kappa shape index (κ3) is 4.19. The molecule has 1 aromatic carbocycles. The molecular formula is C12H17NO6S. The molecule has 0 heterocycles. The predicted molar refractivity (Wildman–Crippen MR) is 71.1 cm³/mol. The number of carboxylic acid groups (broad SMARTS) is 1. The SMILES string of the molecule is COc1ccc(C(=O)O)cc1S(=O)(=O)NOCC(C)C. The molecule has 0 atom stereocenters. The highest BCUT2D eigenvalue weighted by atomic mass is 32.2. The third-order valence-corrected chi connectivity index (χ3v) is 3.52. The van der Waals surface area contributed by atoms with Crippen molar-refractivity contribution in [1.29, 1.82) is 0 Å². The normalized spacial score (nSPS) is 11.6. The molecular weight excluding hydrogens is 286 g/mol. The number of hydrogen-bond donors (Lipinski definition) is 2. The maximum atomic E-state index is 12.1. The van der Waals surface area contributed by atoms with Gasteiger partial charge in [0.25, 0.3) is 10.0 Å². The Bertz CT molecular complexity index is 582. The summed E-state index contributed by atoms with van der Waals surface area (Å²) >= 11 is 0. The van der Waals surface area contributed by atoms with Crippen molar-refractivity contribution >= 4 is 16.0 Å². The molecule has 0 saturated carbocycles. The molecule has 0 fully saturated rings. The van der Waals surface area contributed by atoms with Gasteiger partial charge in [-0.15, -0.1) is 0 Å². The molecule has 0 aliphatic heterocycles. The summed E-state index contributed by atoms with van der Waals surface area (Å²) in [5.74, 6) is -1.05. The average molecular weight is 303 g/mol. The van der Waals surface area contributed by atoms with E-state index < -0.39 is 16.0 Å². The molecule has 7 nitrogen and oxygen atoms in total. The van der Waals surface area contributed by atoms with E-state index in [1.807, 2.05) is 18.7 Å². The van der Waals surface area contributed by atoms with Gasteiger partial charge in [-0.05, 0) is 24.1 Å². The quantitative estimate of drug-likeness (QED) is 0.735. The van der Waals surface area contributed by atoms with Crippen LogP contribution < -0.4 is 9.62 Å². The van der Waals surface area contributed by atoms with Crippen LogP contribution in [0.4, 0.5) is 0 Å². The molecule has 0 saturated heterocycles. The van der Waals surface area contributed by atoms with E-state index in [1.54, 1.807) is 0 Å². The monoisotopic (exact) mass is 303 g/mol. The Morgan fingerprint density at radius 3 is 2.55 bits per heavy atom. The number of benzene rings is 1. The van der Waals surface area contributed by atoms with Crippen LogP contribution in [0, 0.1) is 5.92 Å². The smallest absolute Gasteiger partial charge is 0.335 e. The lowest BCUT2D eigenvalue weighted by Gasteiger charge is -2.12. The van der Waals surface area contributed by atoms with Crippen LogP contribution in [0.3, 0.4) is 0 Å². The highest BCUT2D eigenvalue weighted by Crippen LogP contribution is 2.24. The van der Waals surface area contributed by atoms with Gasteiger partial charge in [-0.2, -0.15) is 0 Å². The summed E-state index contributed by atoms with van der Waals surface area (Å²) in [5.41, 5.74) is -0.157. The minimum absolute atomic E-state index is 0.0376. The molecule has 0 aromatic heterocycles. The highest BCUT2D eigenvalue weighted by Gasteiger charge is 2.22. The van der Waals surface area contributed by atoms with Crippen molar-refractivity contribution < 1.29 is 27.9 Å². The van der Waals surface area contributed by atoms with Gasteiger partial charge in [-0.1, -0.05) is 18.7 Å². The number of sulfonamides is 1. The van der Waals surface area contributed by atoms with Crippen LogP contribution in [0.15, 0.2) is 23.1 Å². The maximum absolute atomic E-state index is 12.1. The topological polar surface area (TPSA) is 102 Å². The zero-order valence-electron chi connectivity index (χ0n) is 11.4. The zero-order valence-corrected chi connectivity index (χ0v) is 12.2. The second-order valence-corrected chi connectivity index (χ2v) is 6.08. The Hall–Kier alpha value is -1.64. The fraction of sp³-hybridized carbons (Fsp3) is 0.417. The van der Waals surface area contributed by atoms with Crippen molar-refractivity contribution in [2.24, 2.45) is 5.92 Å². The van der Waals surface area contributed by atoms with E-state index in [2.05, 4.69) is 0 Å². The minimum atomic E-state index is -4.02. The van der Waals surface area contributed by atoms with E-state index >= 15 is 0 Å². The van der Waals surface area contributed by atoms with Gasteiger partial charge in [0, 0.05) is 0 Å². The first-order valence-electron chi connectivity index (χ1n) is 5.83. The fourth-order valence-electron chi connectivity index (χ4n) is 1.34. The van der Waals surface area contributed by atoms with Crippen molar-refractivity contribution in [3.8, 4) is 5.75 Å². The van der Waals surface area contributed by atoms with Crippen molar-refractivity contribution in [2.75, 3.05) is 13.7 Å². The Labute approximate surface area is 117 Å². The van der Waals surface area contributed by atoms with Crippen molar-refractivity contribution in [3.63, 3.8) is 0 Å². The largest absolute Gasteiger partial charge is 0.495 e. The molecule has 0 aliphatic carbocycles. The second kappa shape index (κ2) is 6.69. The summed E-state index contributed by atoms with van der Waals surface area (Å²) in [7, 11) is -2.72. The summed E-state index contributed by atoms with van der Waals surface area (Å²) in [6.45, 7) is 3.92. The van der Waals surface area contributed by atoms with E-state index in [9.17, 15) is 13.2 Å². The molecule has 2 N–H and O–H groups in total. The minimum Gasteiger partial charge on any atom is -0.495 e. The van der Waals surface area contributed by atoms with Crippen LogP contribution >= 0.6 is 0 Å². The summed E-state index contributed by atoms with van der Waals surface area (Å²) in [5, 5.41) is 8.90. The first-order valence-corrected chi connectivity index (χ1v) is 7.31. The molecule has 8 heteroatoms. The Kier molecular flexibility index (Phi) is 5.49. The highest BCUT2D eigenvalue weighted by molar-refractivity contribution is 7.89. The van der Waals surface area contributed by atoms with E-state index in [0.717, 1.165) is 6.07 Å². The van der Waals surface area contributed by atoms with Gasteiger partial charge in [0.2, 0.25) is 0 Å². The Morgan fingerprint density at radius 1 is 1.40 bits per heavy atom. The van der Waals surface area contributed by atoms with Gasteiger partial charge in [0.05, 0.1) is 19.3 Å². The van der Waals surface area contributed by atoms with Crippen molar-refractivity contribution in [2.45, 2.75) is 18.7 Å². The number of hydrogen-bond acceptors (Lipinski definition) is 5. The van der Waals surface area contributed by atoms with Gasteiger partial charge in [0.15, 0.2) is 0 Å². The number of carbonyl (C=O) groups is 1. The average Bonchev–Trinajstić information content (AvgIpc) is 2.37. The number of nitrogens with one attached hydrogen (secondary N) is 1. The Balaban J connectivity index is 3.08. The summed E-state index contributed by atoms with van der Waals surface area (Å²) in [4.78, 5) is 17.4. The number of aromatic carboxylic acids is 1. The molecule has 0 spiro atoms. The summed E-state index contributed by atoms with van der Waals surface area (Å²) in [6, 6.07) is 3.55. The van der Waals surface area contributed by atoms with Crippen LogP contribution in [0.5, 0.6) is 5.75 Å². The maximum Gasteiger partial charge on any atom is 0.335 e. The first-order chi connectivity index (χ1) is 9.27. The molecule has 1 rings (SSSR count). The number of ether oxygens (including phenoxy) is 1. The van der Waals surface area contributed by atoms with Crippen molar-refractivity contribution in [3.05, 3.63) is 23.8 Å². The van der Waals surface area contributed by atoms with Crippen LogP contribution in [0.1, 0.15) is 24.2 Å². The third-order valence-electron chi connectivity index (χ3n) is 2.29. The standard InChI is InChI=1S/C12H17NO6S/c1-8(2)7-19-13-20(16,17)11-6-9(12(14)15)4-5-10(11)18-3/h4-6,8,13H,7H2,1-3H3,(H,14,15). The molecule has 20 heavy (non-hydrogen) atoms. The van der Waals surface area contributed by atoms with Crippen LogP contribution in [-0.2, 0) is 14.9 Å². The van der Waals surface area contributed by atoms with Crippen LogP contribution in [0.25, 0.3) is 0 Å². The van der Waals surface area contributed by atoms with E-state index in [0.29, 0.717) is 0 Å². The first kappa shape index (κ1) is 16.4. The molecule has 112 valence electrons. The zero-order chi connectivity index (χ0) is 15.3. The second-order valence-electron chi connectivity index (χ2n) is 4.46. The molecule has 1 aromatic rings. The number of carboxylic acids is 1. The van der Waals surface area contributed by atoms with Gasteiger partial charge >= 0.3 is 5.97 Å². The van der Waals surface area contributed by atoms with E-state index in [4.69, 9.17) is 14.7 Å². The lowest BCUT2D eigenvalue weighted by atomic mass is 10.2. The molecule has 0 bridgehead atoms. The van der Waals surface area contributed by atoms with E-state index in [-0.39, 0.29) is 28.7 Å². The van der Waals surface area contributed by atoms with Crippen LogP contribution in [-0.4, -0.2) is 33.2 Å². The lowest BCUT2D eigenvalue weighted by molar-refractivity contribution is 0.0695. The molecule has 0 aliphatic rings. The molecule has 0 radical (unpaired) electrons. The number of methoxy groups -OCH3 is 1. The predicted octanol–water partition coefficient (Wildman–Crippen LogP) is 1.26. The van der Waals surface area contributed by atoms with Gasteiger partial charge < -0.3 is 9.84 Å². The van der Waals surface area contributed by atoms with Crippen LogP contribution in [0.2, 0.25) is 0 Å². The Morgan fingerprint density at radius 2 is 2.05 bits per heavy atom. The van der Waals surface area contributed by atoms with Gasteiger partial charge in [0.1, 0.15) is 10.6 Å². The molecule has 0 amide bonds. The fourth-order valence-corrected chi connectivity index (χ4v) is 2.35. The van der Waals surface area contributed by atoms with E-state index in [1.165, 1.54) is 19.2 Å².